The number of nitrogens with zero attached hydrogens (tertiary/aromatic N) is 3. The molecule has 4 rings (SSSR count). The molecule has 31 heavy (non-hydrogen) atoms. The van der Waals surface area contributed by atoms with Crippen molar-refractivity contribution in [3.8, 4) is 0 Å². The normalized spacial score (nSPS) is 20.3. The third kappa shape index (κ3) is 5.80. The molecule has 0 aromatic heterocycles. The van der Waals surface area contributed by atoms with Crippen molar-refractivity contribution in [3.63, 3.8) is 0 Å². The Balaban J connectivity index is 1.47. The fraction of sp³-hybridized carbons (Fsp3) is 0.318. The number of rotatable bonds is 4. The minimum absolute atomic E-state index is 0.0138. The number of hydrogen-bond acceptors (Lipinski definition) is 5. The fourth-order valence-electron chi connectivity index (χ4n) is 3.43. The van der Waals surface area contributed by atoms with Gasteiger partial charge < -0.3 is 20.1 Å². The zero-order valence-electron chi connectivity index (χ0n) is 17.1. The summed E-state index contributed by atoms with van der Waals surface area (Å²) in [5.41, 5.74) is 1.26. The van der Waals surface area contributed by atoms with Crippen LogP contribution in [0.5, 0.6) is 0 Å². The molecule has 2 fully saturated rings. The van der Waals surface area contributed by atoms with Gasteiger partial charge in [0.05, 0.1) is 19.8 Å². The number of ether oxygens (including phenoxy) is 2. The molecule has 9 nitrogen and oxygen atoms in total. The van der Waals surface area contributed by atoms with E-state index in [2.05, 4.69) is 20.5 Å². The number of carbonyl (C=O) groups excluding carboxylic acids is 2. The van der Waals surface area contributed by atoms with E-state index in [-0.39, 0.29) is 12.1 Å². The zero-order valence-corrected chi connectivity index (χ0v) is 17.1. The van der Waals surface area contributed by atoms with Gasteiger partial charge in [-0.25, -0.2) is 14.5 Å². The molecule has 162 valence electrons. The van der Waals surface area contributed by atoms with Crippen molar-refractivity contribution >= 4 is 29.5 Å². The molecule has 4 amide bonds. The van der Waals surface area contributed by atoms with Crippen LogP contribution >= 0.6 is 0 Å². The van der Waals surface area contributed by atoms with E-state index in [0.29, 0.717) is 37.7 Å². The lowest BCUT2D eigenvalue weighted by molar-refractivity contribution is 0.0219. The summed E-state index contributed by atoms with van der Waals surface area (Å²) >= 11 is 0. The van der Waals surface area contributed by atoms with E-state index < -0.39 is 12.1 Å². The number of amides is 4. The number of aliphatic imine (C=N–C) groups is 1. The van der Waals surface area contributed by atoms with E-state index in [1.807, 2.05) is 36.4 Å². The molecule has 0 radical (unpaired) electrons. The molecule has 0 aliphatic carbocycles. The second kappa shape index (κ2) is 10.1. The summed E-state index contributed by atoms with van der Waals surface area (Å²) in [5.74, 6) is 0. The highest BCUT2D eigenvalue weighted by Gasteiger charge is 2.36. The van der Waals surface area contributed by atoms with E-state index in [9.17, 15) is 9.59 Å². The number of carbonyl (C=O) groups is 2. The molecule has 0 bridgehead atoms. The lowest BCUT2D eigenvalue weighted by Gasteiger charge is -2.28. The summed E-state index contributed by atoms with van der Waals surface area (Å²) in [6.07, 6.45) is -0.289. The standard InChI is InChI=1S/C22H25N5O4/c28-20(23-17-7-3-1-4-8-17)25-22-27(21(29)24-18-9-5-2-6-10-18)16-19(31-22)15-26-11-13-30-14-12-26/h1-10,19H,11-16H2,(H,23,28)(H,24,29). The minimum atomic E-state index is -0.606. The Morgan fingerprint density at radius 3 is 2.19 bits per heavy atom. The van der Waals surface area contributed by atoms with Gasteiger partial charge in [0.2, 0.25) is 0 Å². The number of hydrogen-bond donors (Lipinski definition) is 2. The number of nitrogens with one attached hydrogen (secondary N) is 2. The lowest BCUT2D eigenvalue weighted by Crippen LogP contribution is -2.42. The molecule has 2 heterocycles. The van der Waals surface area contributed by atoms with Gasteiger partial charge in [-0.15, -0.1) is 4.99 Å². The summed E-state index contributed by atoms with van der Waals surface area (Å²) in [6, 6.07) is 17.1. The van der Waals surface area contributed by atoms with Gasteiger partial charge in [-0.3, -0.25) is 4.90 Å². The highest BCUT2D eigenvalue weighted by Crippen LogP contribution is 2.17. The van der Waals surface area contributed by atoms with Gasteiger partial charge >= 0.3 is 18.1 Å². The van der Waals surface area contributed by atoms with Gasteiger partial charge in [0.25, 0.3) is 0 Å². The summed E-state index contributed by atoms with van der Waals surface area (Å²) < 4.78 is 11.3. The smallest absolute Gasteiger partial charge is 0.349 e. The first-order valence-corrected chi connectivity index (χ1v) is 10.2. The van der Waals surface area contributed by atoms with Crippen molar-refractivity contribution in [2.45, 2.75) is 6.10 Å². The predicted octanol–water partition coefficient (Wildman–Crippen LogP) is 2.84. The van der Waals surface area contributed by atoms with Crippen molar-refractivity contribution in [1.29, 1.82) is 0 Å². The van der Waals surface area contributed by atoms with E-state index in [4.69, 9.17) is 9.47 Å². The number of para-hydroxylation sites is 2. The summed E-state index contributed by atoms with van der Waals surface area (Å²) in [4.78, 5) is 32.9. The molecule has 1 atom stereocenters. The van der Waals surface area contributed by atoms with Crippen LogP contribution in [0.3, 0.4) is 0 Å². The van der Waals surface area contributed by atoms with Gasteiger partial charge in [-0.05, 0) is 24.3 Å². The average Bonchev–Trinajstić information content (AvgIpc) is 3.18. The highest BCUT2D eigenvalue weighted by molar-refractivity contribution is 6.06. The highest BCUT2D eigenvalue weighted by atomic mass is 16.5. The first-order chi connectivity index (χ1) is 15.2. The monoisotopic (exact) mass is 423 g/mol. The van der Waals surface area contributed by atoms with E-state index in [1.165, 1.54) is 4.90 Å². The number of urea groups is 2. The Kier molecular flexibility index (Phi) is 6.75. The van der Waals surface area contributed by atoms with Gasteiger partial charge in [0.15, 0.2) is 0 Å². The lowest BCUT2D eigenvalue weighted by atomic mass is 10.3. The van der Waals surface area contributed by atoms with Crippen LogP contribution in [0.2, 0.25) is 0 Å². The first-order valence-electron chi connectivity index (χ1n) is 10.2. The Morgan fingerprint density at radius 2 is 1.55 bits per heavy atom. The largest absolute Gasteiger partial charge is 0.458 e. The van der Waals surface area contributed by atoms with Crippen LogP contribution in [-0.4, -0.2) is 73.4 Å². The zero-order chi connectivity index (χ0) is 21.5. The second-order valence-corrected chi connectivity index (χ2v) is 7.25. The molecule has 2 aliphatic heterocycles. The molecule has 2 aliphatic rings. The third-order valence-corrected chi connectivity index (χ3v) is 4.95. The Morgan fingerprint density at radius 1 is 0.935 bits per heavy atom. The van der Waals surface area contributed by atoms with Gasteiger partial charge in [-0.2, -0.15) is 0 Å². The Bertz CT molecular complexity index is 916. The molecule has 9 heteroatoms. The maximum absolute atomic E-state index is 12.9. The molecule has 2 saturated heterocycles. The molecular weight excluding hydrogens is 398 g/mol. The molecular formula is C22H25N5O4. The summed E-state index contributed by atoms with van der Waals surface area (Å²) in [7, 11) is 0. The second-order valence-electron chi connectivity index (χ2n) is 7.25. The Labute approximate surface area is 180 Å². The van der Waals surface area contributed by atoms with Crippen molar-refractivity contribution in [2.24, 2.45) is 4.99 Å². The van der Waals surface area contributed by atoms with Crippen LogP contribution in [0.1, 0.15) is 0 Å². The van der Waals surface area contributed by atoms with Crippen molar-refractivity contribution in [1.82, 2.24) is 9.80 Å². The molecule has 2 aromatic rings. The quantitative estimate of drug-likeness (QED) is 0.789. The molecule has 1 unspecified atom stereocenters. The van der Waals surface area contributed by atoms with E-state index in [1.54, 1.807) is 24.3 Å². The van der Waals surface area contributed by atoms with Crippen LogP contribution < -0.4 is 10.6 Å². The van der Waals surface area contributed by atoms with Gasteiger partial charge in [-0.1, -0.05) is 36.4 Å². The maximum atomic E-state index is 12.9. The topological polar surface area (TPSA) is 95.5 Å². The number of benzene rings is 2. The first kappa shape index (κ1) is 20.8. The van der Waals surface area contributed by atoms with Crippen molar-refractivity contribution in [3.05, 3.63) is 60.7 Å². The summed E-state index contributed by atoms with van der Waals surface area (Å²) in [6.45, 7) is 3.87. The fourth-order valence-corrected chi connectivity index (χ4v) is 3.43. The molecule has 0 saturated carbocycles. The van der Waals surface area contributed by atoms with E-state index >= 15 is 0 Å². The van der Waals surface area contributed by atoms with Gasteiger partial charge in [0, 0.05) is 31.0 Å². The van der Waals surface area contributed by atoms with Crippen LogP contribution in [0.4, 0.5) is 21.0 Å². The number of anilines is 2. The van der Waals surface area contributed by atoms with Crippen LogP contribution in [0, 0.1) is 0 Å². The van der Waals surface area contributed by atoms with E-state index in [0.717, 1.165) is 13.1 Å². The van der Waals surface area contributed by atoms with Crippen molar-refractivity contribution < 1.29 is 19.1 Å². The molecule has 2 aromatic carbocycles. The average molecular weight is 423 g/mol. The summed E-state index contributed by atoms with van der Waals surface area (Å²) in [5, 5.41) is 5.50. The van der Waals surface area contributed by atoms with Crippen LogP contribution in [0.15, 0.2) is 65.7 Å². The maximum Gasteiger partial charge on any atom is 0.349 e. The number of morpholine rings is 1. The Hall–Kier alpha value is -3.43. The molecule has 0 spiro atoms. The number of amidine groups is 1. The third-order valence-electron chi connectivity index (χ3n) is 4.95. The SMILES string of the molecule is O=C(N=C1OC(CN2CCOCC2)CN1C(=O)Nc1ccccc1)Nc1ccccc1. The van der Waals surface area contributed by atoms with Crippen molar-refractivity contribution in [2.75, 3.05) is 50.0 Å². The van der Waals surface area contributed by atoms with Gasteiger partial charge in [0.1, 0.15) is 6.10 Å². The van der Waals surface area contributed by atoms with Crippen LogP contribution in [-0.2, 0) is 9.47 Å². The predicted molar refractivity (Wildman–Crippen MR) is 117 cm³/mol. The van der Waals surface area contributed by atoms with Crippen LogP contribution in [0.25, 0.3) is 0 Å². The molecule has 2 N–H and O–H groups in total. The minimum Gasteiger partial charge on any atom is -0.458 e.